The van der Waals surface area contributed by atoms with Crippen LogP contribution in [0.25, 0.3) is 55.8 Å². The predicted molar refractivity (Wildman–Crippen MR) is 364 cm³/mol. The van der Waals surface area contributed by atoms with Gasteiger partial charge in [0.15, 0.2) is 0 Å². The molecule has 0 saturated heterocycles. The van der Waals surface area contributed by atoms with E-state index in [1.807, 2.05) is 18.2 Å². The number of fused-ring (bicyclic) bond motifs is 6. The fourth-order valence-corrected chi connectivity index (χ4v) is 13.3. The predicted octanol–water partition coefficient (Wildman–Crippen LogP) is 19.2. The lowest BCUT2D eigenvalue weighted by Gasteiger charge is -2.35. The third-order valence-corrected chi connectivity index (χ3v) is 17.9. The van der Waals surface area contributed by atoms with Crippen molar-refractivity contribution in [2.75, 3.05) is 7.05 Å². The van der Waals surface area contributed by atoms with Crippen LogP contribution in [0.15, 0.2) is 301 Å². The van der Waals surface area contributed by atoms with Gasteiger partial charge >= 0.3 is 0 Å². The van der Waals surface area contributed by atoms with E-state index in [-0.39, 0.29) is 6.04 Å². The summed E-state index contributed by atoms with van der Waals surface area (Å²) in [6.07, 6.45) is 57.7. The summed E-state index contributed by atoms with van der Waals surface area (Å²) in [5.74, 6) is 0. The Morgan fingerprint density at radius 1 is 0.698 bits per heavy atom. The molecular formula is C81H73N5. The van der Waals surface area contributed by atoms with Crippen molar-refractivity contribution in [2.45, 2.75) is 72.6 Å². The van der Waals surface area contributed by atoms with E-state index in [1.165, 1.54) is 111 Å². The van der Waals surface area contributed by atoms with E-state index < -0.39 is 0 Å². The number of benzene rings is 5. The Kier molecular flexibility index (Phi) is 15.6. The van der Waals surface area contributed by atoms with E-state index in [2.05, 4.69) is 308 Å². The van der Waals surface area contributed by atoms with Crippen molar-refractivity contribution in [3.8, 4) is 16.8 Å². The lowest BCUT2D eigenvalue weighted by Crippen LogP contribution is -2.31. The van der Waals surface area contributed by atoms with E-state index in [4.69, 9.17) is 0 Å². The van der Waals surface area contributed by atoms with Crippen LogP contribution in [-0.2, 0) is 19.6 Å². The summed E-state index contributed by atoms with van der Waals surface area (Å²) in [6, 6.07) is 38.9. The molecule has 5 aromatic carbocycles. The van der Waals surface area contributed by atoms with Crippen LogP contribution in [0.5, 0.6) is 0 Å². The Morgan fingerprint density at radius 2 is 1.51 bits per heavy atom. The van der Waals surface area contributed by atoms with E-state index in [0.29, 0.717) is 13.1 Å². The van der Waals surface area contributed by atoms with E-state index in [9.17, 15) is 0 Å². The quantitative estimate of drug-likeness (QED) is 0.0869. The van der Waals surface area contributed by atoms with Crippen LogP contribution in [0, 0.1) is 20.8 Å². The molecule has 5 aliphatic carbocycles. The largest absolute Gasteiger partial charge is 0.380 e. The van der Waals surface area contributed by atoms with Gasteiger partial charge in [-0.3, -0.25) is 0 Å². The number of hydrogen-bond acceptors (Lipinski definition) is 3. The van der Waals surface area contributed by atoms with E-state index >= 15 is 0 Å². The molecule has 7 aromatic rings. The second kappa shape index (κ2) is 24.3. The Hall–Kier alpha value is -10.1. The number of likely N-dealkylation sites (N-methyl/N-ethyl adjacent to an activating group) is 1. The zero-order valence-corrected chi connectivity index (χ0v) is 50.1. The summed E-state index contributed by atoms with van der Waals surface area (Å²) in [6.45, 7) is 14.9. The molecule has 422 valence electrons. The highest BCUT2D eigenvalue weighted by molar-refractivity contribution is 6.10. The Balaban J connectivity index is 0.931. The molecule has 1 atom stereocenters. The average molecular weight is 1120 g/mol. The summed E-state index contributed by atoms with van der Waals surface area (Å²) in [4.78, 5) is 5.03. The molecule has 0 bridgehead atoms. The zero-order valence-electron chi connectivity index (χ0n) is 50.1. The second-order valence-corrected chi connectivity index (χ2v) is 23.2. The topological polar surface area (TPSA) is 28.4 Å². The maximum absolute atomic E-state index is 4.04. The average Bonchev–Trinajstić information content (AvgIpc) is 1.62. The van der Waals surface area contributed by atoms with Gasteiger partial charge in [-0.25, -0.2) is 0 Å². The van der Waals surface area contributed by atoms with Crippen molar-refractivity contribution in [1.82, 2.24) is 24.3 Å². The zero-order chi connectivity index (χ0) is 58.7. The van der Waals surface area contributed by atoms with Gasteiger partial charge < -0.3 is 24.3 Å². The molecule has 5 heteroatoms. The summed E-state index contributed by atoms with van der Waals surface area (Å²) >= 11 is 0. The van der Waals surface area contributed by atoms with Gasteiger partial charge in [0.25, 0.3) is 0 Å². The minimum Gasteiger partial charge on any atom is -0.380 e. The van der Waals surface area contributed by atoms with Gasteiger partial charge in [0.2, 0.25) is 0 Å². The molecule has 0 fully saturated rings. The SMILES string of the molecule is C=C/C=C\c1c(C)c(C)cn1-c1ccc(-c2cc(CNC3=C(C4=C(C)C(N(C)C5=CC=CC=CC5)C=C(c5ccccc5C)C=C4)C=C=CC=C3)cc(Cn3c4ccccc4c4ccc5c(c43)CN(C3=CCC=CC=C3)C3=C5C=CC=CC3)c2)cc1. The van der Waals surface area contributed by atoms with Crippen LogP contribution in [0.2, 0.25) is 0 Å². The minimum atomic E-state index is -0.0116. The maximum atomic E-state index is 4.04. The molecule has 86 heavy (non-hydrogen) atoms. The van der Waals surface area contributed by atoms with Crippen LogP contribution >= 0.6 is 0 Å². The third kappa shape index (κ3) is 10.8. The van der Waals surface area contributed by atoms with E-state index in [1.54, 1.807) is 0 Å². The number of hydrogen-bond donors (Lipinski definition) is 1. The highest BCUT2D eigenvalue weighted by Crippen LogP contribution is 2.44. The molecule has 2 aromatic heterocycles. The van der Waals surface area contributed by atoms with Crippen LogP contribution in [-0.4, -0.2) is 32.0 Å². The van der Waals surface area contributed by atoms with Crippen molar-refractivity contribution < 1.29 is 0 Å². The van der Waals surface area contributed by atoms with Crippen molar-refractivity contribution in [1.29, 1.82) is 0 Å². The van der Waals surface area contributed by atoms with Crippen LogP contribution < -0.4 is 5.32 Å². The lowest BCUT2D eigenvalue weighted by atomic mass is 9.90. The fourth-order valence-electron chi connectivity index (χ4n) is 13.3. The number of rotatable bonds is 14. The molecule has 1 N–H and O–H groups in total. The third-order valence-electron chi connectivity index (χ3n) is 17.9. The van der Waals surface area contributed by atoms with Crippen LogP contribution in [0.1, 0.15) is 76.4 Å². The van der Waals surface area contributed by atoms with Crippen molar-refractivity contribution in [3.05, 3.63) is 351 Å². The molecule has 6 aliphatic rings. The Labute approximate surface area is 508 Å². The molecule has 0 amide bonds. The summed E-state index contributed by atoms with van der Waals surface area (Å²) in [5, 5.41) is 6.60. The molecular weight excluding hydrogens is 1040 g/mol. The minimum absolute atomic E-state index is 0.0116. The summed E-state index contributed by atoms with van der Waals surface area (Å²) < 4.78 is 4.91. The number of nitrogens with zero attached hydrogens (tertiary/aromatic N) is 4. The molecule has 0 saturated carbocycles. The summed E-state index contributed by atoms with van der Waals surface area (Å²) in [7, 11) is 2.24. The van der Waals surface area contributed by atoms with Gasteiger partial charge in [0.1, 0.15) is 0 Å². The molecule has 5 nitrogen and oxygen atoms in total. The maximum Gasteiger partial charge on any atom is 0.0695 e. The molecule has 1 unspecified atom stereocenters. The van der Waals surface area contributed by atoms with Gasteiger partial charge in [-0.2, -0.15) is 0 Å². The fraction of sp³-hybridized carbons (Fsp3) is 0.148. The first-order chi connectivity index (χ1) is 42.2. The Bertz CT molecular complexity index is 4470. The number of nitrogens with one attached hydrogen (secondary N) is 1. The number of allylic oxidation sites excluding steroid dienone is 25. The van der Waals surface area contributed by atoms with Crippen molar-refractivity contribution >= 4 is 39.0 Å². The number of aromatic nitrogens is 2. The van der Waals surface area contributed by atoms with Gasteiger partial charge in [-0.1, -0.05) is 189 Å². The number of aryl methyl sites for hydroxylation is 2. The summed E-state index contributed by atoms with van der Waals surface area (Å²) in [5.41, 5.74) is 31.7. The Morgan fingerprint density at radius 3 is 2.40 bits per heavy atom. The van der Waals surface area contributed by atoms with Gasteiger partial charge in [-0.15, -0.1) is 5.73 Å². The standard InChI is InChI=1S/C81H73N5/c1-7-8-37-77-58(4)57(3)53-84(77)67-43-40-62(41-44-67)64-49-60(52-82-76-36-21-13-19-33-71(76)69-45-42-63(68-32-24-23-27-56(68)2)51-80(59(69)5)83(6)65-28-15-9-10-16-29-65)48-61(50-64)54-86-79-39-26-25-35-73(79)74-47-46-70-72-34-20-14-22-38-78(72)85(55-75(70)81(74)86)66-30-17-11-12-18-31-66/h7-17,20-28,30-37,39-51,53,80,82H,1,18,29,38,52,54-55H2,2-6H3/b37-8-. The molecule has 13 rings (SSSR count). The number of para-hydroxylation sites is 1. The van der Waals surface area contributed by atoms with E-state index in [0.717, 1.165) is 54.0 Å². The van der Waals surface area contributed by atoms with Crippen LogP contribution in [0.4, 0.5) is 0 Å². The molecule has 1 aliphatic heterocycles. The van der Waals surface area contributed by atoms with Crippen LogP contribution in [0.3, 0.4) is 0 Å². The monoisotopic (exact) mass is 1120 g/mol. The first-order valence-electron chi connectivity index (χ1n) is 30.3. The highest BCUT2D eigenvalue weighted by atomic mass is 15.2. The van der Waals surface area contributed by atoms with Gasteiger partial charge in [0.05, 0.1) is 18.1 Å². The first-order valence-corrected chi connectivity index (χ1v) is 30.3. The molecule has 0 radical (unpaired) electrons. The lowest BCUT2D eigenvalue weighted by molar-refractivity contribution is 0.380. The highest BCUT2D eigenvalue weighted by Gasteiger charge is 2.30. The first kappa shape index (κ1) is 55.1. The van der Waals surface area contributed by atoms with Gasteiger partial charge in [0, 0.05) is 106 Å². The van der Waals surface area contributed by atoms with Crippen molar-refractivity contribution in [2.24, 2.45) is 0 Å². The smallest absolute Gasteiger partial charge is 0.0695 e. The second-order valence-electron chi connectivity index (χ2n) is 23.2. The van der Waals surface area contributed by atoms with Gasteiger partial charge in [-0.05, 0) is 168 Å². The normalized spacial score (nSPS) is 17.2. The molecule has 0 spiro atoms. The molecule has 3 heterocycles. The van der Waals surface area contributed by atoms with Crippen molar-refractivity contribution in [3.63, 3.8) is 0 Å².